The molecular formula is C10H22N4O4. The Kier molecular flexibility index (Phi) is 10.2. The molecule has 0 aliphatic rings. The molecule has 0 saturated carbocycles. The number of rotatable bonds is 12. The zero-order valence-electron chi connectivity index (χ0n) is 10.3. The lowest BCUT2D eigenvalue weighted by atomic mass is 10.2. The first kappa shape index (κ1) is 16.8. The van der Waals surface area contributed by atoms with Crippen molar-refractivity contribution in [3.63, 3.8) is 0 Å². The molecule has 0 aliphatic heterocycles. The molecule has 0 rings (SSSR count). The van der Waals surface area contributed by atoms with E-state index in [1.165, 1.54) is 0 Å². The molecule has 0 aliphatic carbocycles. The van der Waals surface area contributed by atoms with Gasteiger partial charge in [-0.15, -0.1) is 0 Å². The van der Waals surface area contributed by atoms with Crippen LogP contribution in [-0.4, -0.2) is 67.5 Å². The Morgan fingerprint density at radius 1 is 1.00 bits per heavy atom. The number of aliphatic carboxylic acids is 2. The maximum atomic E-state index is 10.7. The highest BCUT2D eigenvalue weighted by molar-refractivity contribution is 5.80. The molecule has 7 N–H and O–H groups in total. The van der Waals surface area contributed by atoms with Crippen molar-refractivity contribution in [2.75, 3.05) is 39.3 Å². The van der Waals surface area contributed by atoms with Crippen molar-refractivity contribution in [3.8, 4) is 0 Å². The van der Waals surface area contributed by atoms with Crippen LogP contribution in [0.15, 0.2) is 0 Å². The smallest absolute Gasteiger partial charge is 0.321 e. The second-order valence-corrected chi connectivity index (χ2v) is 3.73. The zero-order valence-corrected chi connectivity index (χ0v) is 10.3. The van der Waals surface area contributed by atoms with E-state index in [1.807, 2.05) is 0 Å². The molecule has 0 unspecified atom stereocenters. The molecule has 0 amide bonds. The molecule has 0 spiro atoms. The van der Waals surface area contributed by atoms with Crippen molar-refractivity contribution in [3.05, 3.63) is 0 Å². The molecule has 106 valence electrons. The van der Waals surface area contributed by atoms with Gasteiger partial charge in [-0.25, -0.2) is 0 Å². The molecule has 0 fully saturated rings. The minimum Gasteiger partial charge on any atom is -0.481 e. The van der Waals surface area contributed by atoms with Gasteiger partial charge in [0.25, 0.3) is 0 Å². The summed E-state index contributed by atoms with van der Waals surface area (Å²) >= 11 is 0. The molecule has 0 bridgehead atoms. The van der Waals surface area contributed by atoms with E-state index in [4.69, 9.17) is 15.9 Å². The van der Waals surface area contributed by atoms with Crippen LogP contribution in [0.25, 0.3) is 0 Å². The van der Waals surface area contributed by atoms with Crippen LogP contribution in [0.1, 0.15) is 6.42 Å². The van der Waals surface area contributed by atoms with Gasteiger partial charge in [0, 0.05) is 39.3 Å². The van der Waals surface area contributed by atoms with Gasteiger partial charge in [-0.05, 0) is 0 Å². The molecule has 8 nitrogen and oxygen atoms in total. The van der Waals surface area contributed by atoms with Crippen LogP contribution in [0, 0.1) is 0 Å². The van der Waals surface area contributed by atoms with E-state index >= 15 is 0 Å². The second-order valence-electron chi connectivity index (χ2n) is 3.73. The average molecular weight is 262 g/mol. The molecule has 1 atom stereocenters. The van der Waals surface area contributed by atoms with Crippen molar-refractivity contribution < 1.29 is 19.8 Å². The Bertz CT molecular complexity index is 250. The Labute approximate surface area is 106 Å². The van der Waals surface area contributed by atoms with Crippen molar-refractivity contribution >= 4 is 11.9 Å². The minimum atomic E-state index is -1.15. The predicted octanol–water partition coefficient (Wildman–Crippen LogP) is -2.36. The summed E-state index contributed by atoms with van der Waals surface area (Å²) < 4.78 is 0. The molecule has 0 aromatic heterocycles. The molecule has 0 aromatic rings. The third-order valence-corrected chi connectivity index (χ3v) is 2.17. The lowest BCUT2D eigenvalue weighted by Crippen LogP contribution is -2.42. The summed E-state index contributed by atoms with van der Waals surface area (Å²) in [5.74, 6) is -2.28. The first-order valence-electron chi connectivity index (χ1n) is 5.87. The van der Waals surface area contributed by atoms with Crippen molar-refractivity contribution in [1.82, 2.24) is 16.0 Å². The monoisotopic (exact) mass is 262 g/mol. The van der Waals surface area contributed by atoms with Gasteiger partial charge in [-0.3, -0.25) is 9.59 Å². The molecule has 0 saturated heterocycles. The van der Waals surface area contributed by atoms with Crippen LogP contribution in [0.2, 0.25) is 0 Å². The minimum absolute atomic E-state index is 0.404. The van der Waals surface area contributed by atoms with Crippen LogP contribution < -0.4 is 21.7 Å². The summed E-state index contributed by atoms with van der Waals surface area (Å²) in [7, 11) is 0. The lowest BCUT2D eigenvalue weighted by molar-refractivity contribution is -0.145. The fourth-order valence-corrected chi connectivity index (χ4v) is 1.29. The zero-order chi connectivity index (χ0) is 13.8. The molecule has 0 aromatic carbocycles. The van der Waals surface area contributed by atoms with Crippen LogP contribution in [0.4, 0.5) is 0 Å². The summed E-state index contributed by atoms with van der Waals surface area (Å²) in [5.41, 5.74) is 5.30. The molecular weight excluding hydrogens is 240 g/mol. The van der Waals surface area contributed by atoms with E-state index in [2.05, 4.69) is 16.0 Å². The summed E-state index contributed by atoms with van der Waals surface area (Å²) in [5, 5.41) is 26.1. The highest BCUT2D eigenvalue weighted by atomic mass is 16.4. The largest absolute Gasteiger partial charge is 0.481 e. The van der Waals surface area contributed by atoms with Gasteiger partial charge in [0.15, 0.2) is 0 Å². The first-order valence-corrected chi connectivity index (χ1v) is 5.87. The van der Waals surface area contributed by atoms with Gasteiger partial charge in [-0.2, -0.15) is 0 Å². The number of nitrogens with one attached hydrogen (secondary N) is 3. The maximum absolute atomic E-state index is 10.7. The second kappa shape index (κ2) is 10.9. The van der Waals surface area contributed by atoms with Gasteiger partial charge in [0.1, 0.15) is 6.04 Å². The summed E-state index contributed by atoms with van der Waals surface area (Å²) in [4.78, 5) is 21.1. The molecule has 18 heavy (non-hydrogen) atoms. The standard InChI is InChI=1S/C10H22N4O4/c11-1-2-12-3-4-13-5-6-14-8(10(17)18)7-9(15)16/h8,12-14H,1-7,11H2,(H,15,16)(H,17,18)/t8-/m0/s1. The molecule has 0 heterocycles. The number of carboxylic acid groups (broad SMARTS) is 2. The normalized spacial score (nSPS) is 12.3. The fraction of sp³-hybridized carbons (Fsp3) is 0.800. The third kappa shape index (κ3) is 9.97. The highest BCUT2D eigenvalue weighted by Gasteiger charge is 2.19. The SMILES string of the molecule is NCCNCCNCCN[C@@H](CC(=O)O)C(=O)O. The van der Waals surface area contributed by atoms with Crippen LogP contribution in [0.5, 0.6) is 0 Å². The van der Waals surface area contributed by atoms with Crippen LogP contribution >= 0.6 is 0 Å². The molecule has 8 heteroatoms. The van der Waals surface area contributed by atoms with Crippen LogP contribution in [-0.2, 0) is 9.59 Å². The number of hydrogen-bond donors (Lipinski definition) is 6. The Balaban J connectivity index is 3.49. The van der Waals surface area contributed by atoms with Gasteiger partial charge in [0.05, 0.1) is 6.42 Å². The number of carboxylic acids is 2. The van der Waals surface area contributed by atoms with E-state index in [0.29, 0.717) is 19.6 Å². The number of carbonyl (C=O) groups is 2. The fourth-order valence-electron chi connectivity index (χ4n) is 1.29. The quantitative estimate of drug-likeness (QED) is 0.215. The van der Waals surface area contributed by atoms with Crippen molar-refractivity contribution in [1.29, 1.82) is 0 Å². The van der Waals surface area contributed by atoms with Gasteiger partial charge in [-0.1, -0.05) is 0 Å². The maximum Gasteiger partial charge on any atom is 0.321 e. The predicted molar refractivity (Wildman–Crippen MR) is 66.5 cm³/mol. The Hall–Kier alpha value is -1.22. The van der Waals surface area contributed by atoms with Crippen LogP contribution in [0.3, 0.4) is 0 Å². The summed E-state index contributed by atoms with van der Waals surface area (Å²) in [6, 6.07) is -1.04. The van der Waals surface area contributed by atoms with Gasteiger partial charge < -0.3 is 31.9 Å². The topological polar surface area (TPSA) is 137 Å². The Morgan fingerprint density at radius 3 is 2.06 bits per heavy atom. The van der Waals surface area contributed by atoms with E-state index in [-0.39, 0.29) is 0 Å². The summed E-state index contributed by atoms with van der Waals surface area (Å²) in [6.45, 7) is 3.87. The van der Waals surface area contributed by atoms with Crippen molar-refractivity contribution in [2.24, 2.45) is 5.73 Å². The van der Waals surface area contributed by atoms with E-state index < -0.39 is 24.4 Å². The third-order valence-electron chi connectivity index (χ3n) is 2.17. The summed E-state index contributed by atoms with van der Waals surface area (Å²) in [6.07, 6.45) is -0.423. The van der Waals surface area contributed by atoms with E-state index in [0.717, 1.165) is 19.6 Å². The Morgan fingerprint density at radius 2 is 1.56 bits per heavy atom. The number of hydrogen-bond acceptors (Lipinski definition) is 6. The van der Waals surface area contributed by atoms with Gasteiger partial charge in [0.2, 0.25) is 0 Å². The van der Waals surface area contributed by atoms with E-state index in [1.54, 1.807) is 0 Å². The molecule has 0 radical (unpaired) electrons. The number of nitrogens with two attached hydrogens (primary N) is 1. The lowest BCUT2D eigenvalue weighted by Gasteiger charge is -2.12. The average Bonchev–Trinajstić information content (AvgIpc) is 2.30. The van der Waals surface area contributed by atoms with E-state index in [9.17, 15) is 9.59 Å². The first-order chi connectivity index (χ1) is 8.57. The highest BCUT2D eigenvalue weighted by Crippen LogP contribution is 1.91. The van der Waals surface area contributed by atoms with Crippen molar-refractivity contribution in [2.45, 2.75) is 12.5 Å². The van der Waals surface area contributed by atoms with Gasteiger partial charge >= 0.3 is 11.9 Å².